The van der Waals surface area contributed by atoms with E-state index in [1.54, 1.807) is 35.2 Å². The van der Waals surface area contributed by atoms with E-state index in [1.807, 2.05) is 13.8 Å². The lowest BCUT2D eigenvalue weighted by Crippen LogP contribution is -2.42. The van der Waals surface area contributed by atoms with Crippen molar-refractivity contribution in [3.8, 4) is 0 Å². The monoisotopic (exact) mass is 436 g/mol. The number of aromatic nitrogens is 4. The van der Waals surface area contributed by atoms with Gasteiger partial charge in [-0.25, -0.2) is 15.0 Å². The predicted molar refractivity (Wildman–Crippen MR) is 109 cm³/mol. The van der Waals surface area contributed by atoms with Gasteiger partial charge >= 0.3 is 0 Å². The van der Waals surface area contributed by atoms with E-state index in [2.05, 4.69) is 15.0 Å². The first kappa shape index (κ1) is 19.3. The molecule has 3 aliphatic rings. The Labute approximate surface area is 182 Å². The van der Waals surface area contributed by atoms with Crippen LogP contribution in [0.3, 0.4) is 0 Å². The highest BCUT2D eigenvalue weighted by atomic mass is 16.8. The maximum Gasteiger partial charge on any atom is 0.261 e. The highest BCUT2D eigenvalue weighted by Gasteiger charge is 2.57. The summed E-state index contributed by atoms with van der Waals surface area (Å²) in [5.74, 6) is -1.29. The number of nitrogen functional groups attached to an aromatic ring is 1. The number of anilines is 1. The lowest BCUT2D eigenvalue weighted by atomic mass is 10.1. The number of amides is 2. The third-order valence-corrected chi connectivity index (χ3v) is 6.03. The smallest absolute Gasteiger partial charge is 0.261 e. The van der Waals surface area contributed by atoms with Gasteiger partial charge in [-0.05, 0) is 26.0 Å². The van der Waals surface area contributed by atoms with Crippen LogP contribution in [-0.2, 0) is 14.2 Å². The Balaban J connectivity index is 1.34. The zero-order valence-corrected chi connectivity index (χ0v) is 17.3. The second-order valence-electron chi connectivity index (χ2n) is 8.48. The molecule has 3 aromatic rings. The van der Waals surface area contributed by atoms with Gasteiger partial charge in [-0.2, -0.15) is 0 Å². The van der Waals surface area contributed by atoms with E-state index >= 15 is 0 Å². The highest BCUT2D eigenvalue weighted by molar-refractivity contribution is 6.21. The number of hydrogen-bond donors (Lipinski definition) is 1. The molecule has 2 aromatic heterocycles. The van der Waals surface area contributed by atoms with Crippen molar-refractivity contribution in [3.63, 3.8) is 0 Å². The molecular weight excluding hydrogens is 416 g/mol. The maximum absolute atomic E-state index is 12.9. The van der Waals surface area contributed by atoms with Crippen molar-refractivity contribution in [2.75, 3.05) is 12.3 Å². The van der Waals surface area contributed by atoms with Gasteiger partial charge in [-0.15, -0.1) is 0 Å². The van der Waals surface area contributed by atoms with Crippen molar-refractivity contribution in [2.45, 2.75) is 44.2 Å². The molecule has 0 saturated carbocycles. The van der Waals surface area contributed by atoms with Crippen LogP contribution in [0, 0.1) is 0 Å². The fraction of sp³-hybridized carbons (Fsp3) is 0.381. The summed E-state index contributed by atoms with van der Waals surface area (Å²) in [4.78, 5) is 39.5. The first-order chi connectivity index (χ1) is 15.3. The first-order valence-corrected chi connectivity index (χ1v) is 10.2. The minimum Gasteiger partial charge on any atom is -0.382 e. The molecule has 2 fully saturated rings. The average Bonchev–Trinajstić information content (AvgIpc) is 3.47. The van der Waals surface area contributed by atoms with E-state index in [9.17, 15) is 9.59 Å². The van der Waals surface area contributed by atoms with Gasteiger partial charge in [0.1, 0.15) is 30.2 Å². The molecule has 11 heteroatoms. The second-order valence-corrected chi connectivity index (χ2v) is 8.48. The van der Waals surface area contributed by atoms with Crippen LogP contribution in [0.1, 0.15) is 40.8 Å². The molecule has 2 N–H and O–H groups in total. The number of hydrogen-bond acceptors (Lipinski definition) is 9. The Bertz CT molecular complexity index is 1240. The van der Waals surface area contributed by atoms with Gasteiger partial charge in [0.05, 0.1) is 24.0 Å². The largest absolute Gasteiger partial charge is 0.382 e. The van der Waals surface area contributed by atoms with Crippen molar-refractivity contribution in [1.82, 2.24) is 24.4 Å². The van der Waals surface area contributed by atoms with Gasteiger partial charge in [-0.1, -0.05) is 12.1 Å². The van der Waals surface area contributed by atoms with Gasteiger partial charge in [-0.3, -0.25) is 19.1 Å². The van der Waals surface area contributed by atoms with Gasteiger partial charge in [0, 0.05) is 0 Å². The van der Waals surface area contributed by atoms with Crippen molar-refractivity contribution in [2.24, 2.45) is 0 Å². The van der Waals surface area contributed by atoms with Crippen LogP contribution >= 0.6 is 0 Å². The summed E-state index contributed by atoms with van der Waals surface area (Å²) in [6.45, 7) is 3.66. The van der Waals surface area contributed by atoms with Crippen molar-refractivity contribution in [1.29, 1.82) is 0 Å². The summed E-state index contributed by atoms with van der Waals surface area (Å²) in [5.41, 5.74) is 7.65. The van der Waals surface area contributed by atoms with Crippen LogP contribution in [0.25, 0.3) is 11.2 Å². The predicted octanol–water partition coefficient (Wildman–Crippen LogP) is 1.12. The van der Waals surface area contributed by atoms with E-state index in [-0.39, 0.29) is 24.2 Å². The molecule has 164 valence electrons. The summed E-state index contributed by atoms with van der Waals surface area (Å²) in [7, 11) is 0. The molecule has 0 bridgehead atoms. The third-order valence-electron chi connectivity index (χ3n) is 6.03. The van der Waals surface area contributed by atoms with E-state index < -0.39 is 30.3 Å². The zero-order valence-electron chi connectivity index (χ0n) is 17.3. The Morgan fingerprint density at radius 1 is 1.03 bits per heavy atom. The van der Waals surface area contributed by atoms with E-state index in [0.717, 1.165) is 0 Å². The molecule has 3 aliphatic heterocycles. The number of carbonyl (C=O) groups excluding carboxylic acids is 2. The van der Waals surface area contributed by atoms with Gasteiger partial charge in [0.25, 0.3) is 11.8 Å². The number of ether oxygens (including phenoxy) is 3. The Morgan fingerprint density at radius 2 is 1.72 bits per heavy atom. The molecule has 0 spiro atoms. The van der Waals surface area contributed by atoms with Gasteiger partial charge in [0.15, 0.2) is 23.5 Å². The maximum atomic E-state index is 12.9. The number of rotatable bonds is 3. The van der Waals surface area contributed by atoms with Crippen LogP contribution < -0.4 is 5.73 Å². The number of nitrogens with two attached hydrogens (primary N) is 1. The molecule has 2 saturated heterocycles. The lowest BCUT2D eigenvalue weighted by molar-refractivity contribution is -0.196. The molecule has 2 amide bonds. The lowest BCUT2D eigenvalue weighted by Gasteiger charge is -2.26. The first-order valence-electron chi connectivity index (χ1n) is 10.2. The fourth-order valence-electron chi connectivity index (χ4n) is 4.67. The molecular formula is C21H20N6O5. The highest BCUT2D eigenvalue weighted by Crippen LogP contribution is 2.44. The van der Waals surface area contributed by atoms with Crippen LogP contribution in [0.15, 0.2) is 36.9 Å². The number of imide groups is 1. The molecule has 0 radical (unpaired) electrons. The molecule has 1 aromatic carbocycles. The molecule has 6 rings (SSSR count). The summed E-state index contributed by atoms with van der Waals surface area (Å²) in [6, 6.07) is 6.77. The summed E-state index contributed by atoms with van der Waals surface area (Å²) >= 11 is 0. The van der Waals surface area contributed by atoms with Crippen LogP contribution in [-0.4, -0.2) is 66.9 Å². The molecule has 0 unspecified atom stereocenters. The SMILES string of the molecule is CC1(C)O[C@@H]2[C@H](O1)[C@@H](n1cnc3c(N)ncnc31)O[C@H]2CN1C(=O)c2ccccc2C1=O. The summed E-state index contributed by atoms with van der Waals surface area (Å²) in [5, 5.41) is 0. The average molecular weight is 436 g/mol. The van der Waals surface area contributed by atoms with Crippen molar-refractivity contribution < 1.29 is 23.8 Å². The molecule has 4 atom stereocenters. The minimum absolute atomic E-state index is 0.0349. The number of imidazole rings is 1. The quantitative estimate of drug-likeness (QED) is 0.599. The van der Waals surface area contributed by atoms with Crippen LogP contribution in [0.4, 0.5) is 5.82 Å². The molecule has 32 heavy (non-hydrogen) atoms. The molecule has 5 heterocycles. The molecule has 11 nitrogen and oxygen atoms in total. The van der Waals surface area contributed by atoms with Crippen molar-refractivity contribution in [3.05, 3.63) is 48.0 Å². The normalized spacial score (nSPS) is 28.5. The number of carbonyl (C=O) groups is 2. The summed E-state index contributed by atoms with van der Waals surface area (Å²) in [6.07, 6.45) is 0.673. The Kier molecular flexibility index (Phi) is 3.95. The second kappa shape index (κ2) is 6.55. The van der Waals surface area contributed by atoms with Crippen molar-refractivity contribution >= 4 is 28.8 Å². The Hall–Kier alpha value is -3.41. The van der Waals surface area contributed by atoms with Gasteiger partial charge in [0.2, 0.25) is 0 Å². The number of fused-ring (bicyclic) bond motifs is 3. The van der Waals surface area contributed by atoms with E-state index in [4.69, 9.17) is 19.9 Å². The van der Waals surface area contributed by atoms with Gasteiger partial charge < -0.3 is 19.9 Å². The topological polar surface area (TPSA) is 135 Å². The van der Waals surface area contributed by atoms with Crippen LogP contribution in [0.2, 0.25) is 0 Å². The standard InChI is InChI=1S/C21H20N6O5/c1-21(2)31-14-12(7-26-18(28)10-5-3-4-6-11(10)19(26)29)30-20(15(14)32-21)27-9-25-13-16(22)23-8-24-17(13)27/h3-6,8-9,12,14-15,20H,7H2,1-2H3,(H2,22,23,24)/t12-,14-,15-,20-/m0/s1. The summed E-state index contributed by atoms with van der Waals surface area (Å²) < 4.78 is 20.3. The van der Waals surface area contributed by atoms with E-state index in [0.29, 0.717) is 22.3 Å². The molecule has 0 aliphatic carbocycles. The Morgan fingerprint density at radius 3 is 2.44 bits per heavy atom. The minimum atomic E-state index is -0.859. The zero-order chi connectivity index (χ0) is 22.2. The van der Waals surface area contributed by atoms with E-state index in [1.165, 1.54) is 11.2 Å². The third kappa shape index (κ3) is 2.68. The number of benzene rings is 1. The fourth-order valence-corrected chi connectivity index (χ4v) is 4.67. The number of nitrogens with zero attached hydrogens (tertiary/aromatic N) is 5. The van der Waals surface area contributed by atoms with Crippen LogP contribution in [0.5, 0.6) is 0 Å².